The Kier molecular flexibility index (Phi) is 12.0. The maximum atomic E-state index is 13.8. The molecule has 0 heterocycles. The van der Waals surface area contributed by atoms with E-state index in [-0.39, 0.29) is 5.92 Å². The molecule has 0 fully saturated rings. The molecule has 0 N–H and O–H groups in total. The number of alkyl halides is 1. The summed E-state index contributed by atoms with van der Waals surface area (Å²) in [7, 11) is 0. The highest BCUT2D eigenvalue weighted by Gasteiger charge is 2.15. The van der Waals surface area contributed by atoms with Gasteiger partial charge in [-0.1, -0.05) is 113 Å². The van der Waals surface area contributed by atoms with Crippen LogP contribution >= 0.6 is 0 Å². The maximum Gasteiger partial charge on any atom is 0.119 e. The number of ether oxygens (including phenoxy) is 1. The number of unbranched alkanes of at least 4 members (excludes halogenated alkanes) is 5. The van der Waals surface area contributed by atoms with E-state index in [0.717, 1.165) is 25.0 Å². The topological polar surface area (TPSA) is 9.23 Å². The zero-order chi connectivity index (χ0) is 25.6. The average Bonchev–Trinajstić information content (AvgIpc) is 2.90. The molecule has 0 saturated carbocycles. The molecular formula is C34H45FO. The summed E-state index contributed by atoms with van der Waals surface area (Å²) in [5.41, 5.74) is 6.27. The van der Waals surface area contributed by atoms with Gasteiger partial charge in [0.1, 0.15) is 12.4 Å². The second kappa shape index (κ2) is 15.5. The molecule has 194 valence electrons. The summed E-state index contributed by atoms with van der Waals surface area (Å²) in [4.78, 5) is 0. The Morgan fingerprint density at radius 2 is 1.44 bits per heavy atom. The van der Waals surface area contributed by atoms with Crippen molar-refractivity contribution >= 4 is 0 Å². The largest absolute Gasteiger partial charge is 0.489 e. The summed E-state index contributed by atoms with van der Waals surface area (Å²) in [5.74, 6) is 1.14. The van der Waals surface area contributed by atoms with Crippen molar-refractivity contribution in [1.82, 2.24) is 0 Å². The van der Waals surface area contributed by atoms with Crippen molar-refractivity contribution in [2.75, 3.05) is 0 Å². The quantitative estimate of drug-likeness (QED) is 0.182. The SMILES string of the molecule is CCCCCCc1ccc(-c2ccccc2COc2ccc(C(CCCCC)CC(C)F)cc2)cc1. The monoisotopic (exact) mass is 488 g/mol. The van der Waals surface area contributed by atoms with Gasteiger partial charge >= 0.3 is 0 Å². The number of hydrogen-bond donors (Lipinski definition) is 0. The van der Waals surface area contributed by atoms with Crippen molar-refractivity contribution in [2.24, 2.45) is 0 Å². The lowest BCUT2D eigenvalue weighted by Gasteiger charge is -2.19. The highest BCUT2D eigenvalue weighted by atomic mass is 19.1. The molecule has 36 heavy (non-hydrogen) atoms. The van der Waals surface area contributed by atoms with E-state index in [9.17, 15) is 4.39 Å². The third-order valence-corrected chi connectivity index (χ3v) is 7.11. The Labute approximate surface area is 219 Å². The van der Waals surface area contributed by atoms with Crippen LogP contribution in [0.1, 0.15) is 101 Å². The van der Waals surface area contributed by atoms with Crippen molar-refractivity contribution in [3.8, 4) is 16.9 Å². The Balaban J connectivity index is 1.62. The third kappa shape index (κ3) is 9.12. The van der Waals surface area contributed by atoms with Gasteiger partial charge in [0.05, 0.1) is 6.17 Å². The van der Waals surface area contributed by atoms with Crippen molar-refractivity contribution < 1.29 is 9.13 Å². The van der Waals surface area contributed by atoms with E-state index in [1.165, 1.54) is 66.3 Å². The van der Waals surface area contributed by atoms with Crippen LogP contribution in [0, 0.1) is 0 Å². The zero-order valence-electron chi connectivity index (χ0n) is 22.6. The molecular weight excluding hydrogens is 443 g/mol. The molecule has 0 aliphatic heterocycles. The van der Waals surface area contributed by atoms with Gasteiger partial charge in [-0.25, -0.2) is 4.39 Å². The van der Waals surface area contributed by atoms with Crippen LogP contribution in [0.15, 0.2) is 72.8 Å². The van der Waals surface area contributed by atoms with Crippen LogP contribution in [0.5, 0.6) is 5.75 Å². The van der Waals surface area contributed by atoms with Gasteiger partial charge < -0.3 is 4.74 Å². The molecule has 0 bridgehead atoms. The molecule has 3 aromatic rings. The number of aryl methyl sites for hydroxylation is 1. The highest BCUT2D eigenvalue weighted by molar-refractivity contribution is 5.67. The minimum Gasteiger partial charge on any atom is -0.489 e. The van der Waals surface area contributed by atoms with Gasteiger partial charge in [0, 0.05) is 0 Å². The molecule has 2 unspecified atom stereocenters. The molecule has 2 heteroatoms. The lowest BCUT2D eigenvalue weighted by molar-refractivity contribution is 0.305. The summed E-state index contributed by atoms with van der Waals surface area (Å²) >= 11 is 0. The standard InChI is InChI=1S/C34H45FO/c1-4-6-8-10-13-28-17-19-30(20-18-28)34-16-12-11-15-32(34)26-36-33-23-21-29(22-24-33)31(25-27(3)35)14-9-7-5-2/h11-12,15-24,27,31H,4-10,13-14,25-26H2,1-3H3. The first-order valence-electron chi connectivity index (χ1n) is 14.1. The normalized spacial score (nSPS) is 12.9. The molecule has 1 nitrogen and oxygen atoms in total. The van der Waals surface area contributed by atoms with Gasteiger partial charge in [0.15, 0.2) is 0 Å². The number of hydrogen-bond acceptors (Lipinski definition) is 1. The minimum atomic E-state index is -0.779. The van der Waals surface area contributed by atoms with Gasteiger partial charge in [-0.2, -0.15) is 0 Å². The van der Waals surface area contributed by atoms with Gasteiger partial charge in [-0.15, -0.1) is 0 Å². The number of halogens is 1. The van der Waals surface area contributed by atoms with Gasteiger partial charge in [0.2, 0.25) is 0 Å². The van der Waals surface area contributed by atoms with E-state index >= 15 is 0 Å². The summed E-state index contributed by atoms with van der Waals surface area (Å²) < 4.78 is 20.0. The summed E-state index contributed by atoms with van der Waals surface area (Å²) in [5, 5.41) is 0. The van der Waals surface area contributed by atoms with Crippen molar-refractivity contribution in [3.63, 3.8) is 0 Å². The predicted molar refractivity (Wildman–Crippen MR) is 153 cm³/mol. The fraction of sp³-hybridized carbons (Fsp3) is 0.471. The van der Waals surface area contributed by atoms with E-state index in [2.05, 4.69) is 74.5 Å². The lowest BCUT2D eigenvalue weighted by atomic mass is 9.89. The fourth-order valence-electron chi connectivity index (χ4n) is 4.99. The predicted octanol–water partition coefficient (Wildman–Crippen LogP) is 10.5. The van der Waals surface area contributed by atoms with Crippen LogP contribution in [0.25, 0.3) is 11.1 Å². The van der Waals surface area contributed by atoms with Crippen LogP contribution in [0.3, 0.4) is 0 Å². The molecule has 0 saturated heterocycles. The maximum absolute atomic E-state index is 13.8. The van der Waals surface area contributed by atoms with E-state index in [1.807, 2.05) is 12.1 Å². The van der Waals surface area contributed by atoms with E-state index < -0.39 is 6.17 Å². The Bertz CT molecular complexity index is 990. The van der Waals surface area contributed by atoms with E-state index in [0.29, 0.717) is 13.0 Å². The molecule has 0 amide bonds. The summed E-state index contributed by atoms with van der Waals surface area (Å²) in [6, 6.07) is 25.9. The molecule has 0 aliphatic rings. The lowest BCUT2D eigenvalue weighted by Crippen LogP contribution is -2.06. The molecule has 0 aliphatic carbocycles. The molecule has 3 rings (SSSR count). The van der Waals surface area contributed by atoms with Gasteiger partial charge in [-0.05, 0) is 78.5 Å². The van der Waals surface area contributed by atoms with Crippen molar-refractivity contribution in [3.05, 3.63) is 89.5 Å². The van der Waals surface area contributed by atoms with E-state index in [4.69, 9.17) is 4.74 Å². The van der Waals surface area contributed by atoms with Crippen molar-refractivity contribution in [2.45, 2.75) is 104 Å². The van der Waals surface area contributed by atoms with E-state index in [1.54, 1.807) is 6.92 Å². The second-order valence-corrected chi connectivity index (χ2v) is 10.2. The van der Waals surface area contributed by atoms with Crippen LogP contribution in [0.4, 0.5) is 4.39 Å². The van der Waals surface area contributed by atoms with Crippen LogP contribution in [-0.4, -0.2) is 6.17 Å². The average molecular weight is 489 g/mol. The Morgan fingerprint density at radius 1 is 0.750 bits per heavy atom. The molecule has 2 atom stereocenters. The smallest absolute Gasteiger partial charge is 0.119 e. The second-order valence-electron chi connectivity index (χ2n) is 10.2. The molecule has 0 aromatic heterocycles. The van der Waals surface area contributed by atoms with Crippen LogP contribution < -0.4 is 4.74 Å². The van der Waals surface area contributed by atoms with Crippen LogP contribution in [-0.2, 0) is 13.0 Å². The fourth-order valence-corrected chi connectivity index (χ4v) is 4.99. The first-order chi connectivity index (χ1) is 17.6. The minimum absolute atomic E-state index is 0.279. The Morgan fingerprint density at radius 3 is 2.14 bits per heavy atom. The van der Waals surface area contributed by atoms with Crippen molar-refractivity contribution in [1.29, 1.82) is 0 Å². The zero-order valence-corrected chi connectivity index (χ0v) is 22.6. The molecule has 0 radical (unpaired) electrons. The first kappa shape index (κ1) is 28.0. The number of benzene rings is 3. The number of rotatable bonds is 16. The summed E-state index contributed by atoms with van der Waals surface area (Å²) in [6.45, 7) is 6.66. The highest BCUT2D eigenvalue weighted by Crippen LogP contribution is 2.30. The first-order valence-corrected chi connectivity index (χ1v) is 14.1. The molecule has 3 aromatic carbocycles. The van der Waals surface area contributed by atoms with Gasteiger partial charge in [-0.3, -0.25) is 0 Å². The third-order valence-electron chi connectivity index (χ3n) is 7.11. The summed E-state index contributed by atoms with van der Waals surface area (Å²) in [6.07, 6.45) is 10.8. The van der Waals surface area contributed by atoms with Gasteiger partial charge in [0.25, 0.3) is 0 Å². The van der Waals surface area contributed by atoms with Crippen LogP contribution in [0.2, 0.25) is 0 Å². The Hall–Kier alpha value is -2.61. The molecule has 0 spiro atoms.